The molecular weight excluding hydrogens is 296 g/mol. The van der Waals surface area contributed by atoms with Crippen molar-refractivity contribution in [3.8, 4) is 0 Å². The molecule has 0 saturated heterocycles. The minimum Gasteiger partial charge on any atom is -0.444 e. The average molecular weight is 324 g/mol. The molecular formula is C16H28N4O3. The number of rotatable bonds is 6. The molecule has 2 N–H and O–H groups in total. The number of carbonyl (C=O) groups excluding carboxylic acids is 2. The Bertz CT molecular complexity index is 532. The molecule has 1 heterocycles. The molecule has 1 atom stereocenters. The van der Waals surface area contributed by atoms with Gasteiger partial charge in [-0.2, -0.15) is 0 Å². The van der Waals surface area contributed by atoms with Crippen LogP contribution >= 0.6 is 0 Å². The van der Waals surface area contributed by atoms with Crippen molar-refractivity contribution >= 4 is 12.0 Å². The first-order valence-electron chi connectivity index (χ1n) is 7.84. The van der Waals surface area contributed by atoms with Crippen molar-refractivity contribution in [1.29, 1.82) is 0 Å². The van der Waals surface area contributed by atoms with Gasteiger partial charge in [-0.3, -0.25) is 4.79 Å². The lowest BCUT2D eigenvalue weighted by atomic mass is 10.2. The number of aromatic nitrogens is 2. The fourth-order valence-electron chi connectivity index (χ4n) is 1.91. The number of imidazole rings is 1. The van der Waals surface area contributed by atoms with Gasteiger partial charge in [-0.05, 0) is 33.6 Å². The van der Waals surface area contributed by atoms with E-state index in [1.54, 1.807) is 37.9 Å². The Hall–Kier alpha value is -2.05. The van der Waals surface area contributed by atoms with E-state index in [0.29, 0.717) is 12.5 Å². The minimum atomic E-state index is -0.555. The quantitative estimate of drug-likeness (QED) is 0.840. The van der Waals surface area contributed by atoms with E-state index in [-0.39, 0.29) is 18.5 Å². The van der Waals surface area contributed by atoms with Crippen molar-refractivity contribution in [2.45, 2.75) is 59.7 Å². The molecule has 7 nitrogen and oxygen atoms in total. The molecule has 23 heavy (non-hydrogen) atoms. The molecule has 0 bridgehead atoms. The zero-order valence-electron chi connectivity index (χ0n) is 14.8. The molecule has 130 valence electrons. The van der Waals surface area contributed by atoms with E-state index in [1.165, 1.54) is 0 Å². The van der Waals surface area contributed by atoms with E-state index in [2.05, 4.69) is 15.6 Å². The highest BCUT2D eigenvalue weighted by Gasteiger charge is 2.20. The van der Waals surface area contributed by atoms with Crippen LogP contribution in [0.2, 0.25) is 0 Å². The smallest absolute Gasteiger partial charge is 0.408 e. The highest BCUT2D eigenvalue weighted by Crippen LogP contribution is 2.14. The molecule has 0 radical (unpaired) electrons. The molecule has 1 rings (SSSR count). The van der Waals surface area contributed by atoms with E-state index >= 15 is 0 Å². The maximum Gasteiger partial charge on any atom is 0.408 e. The predicted octanol–water partition coefficient (Wildman–Crippen LogP) is 2.24. The zero-order valence-corrected chi connectivity index (χ0v) is 14.8. The second kappa shape index (κ2) is 7.99. The first kappa shape index (κ1) is 19.0. The number of amides is 2. The summed E-state index contributed by atoms with van der Waals surface area (Å²) in [5, 5.41) is 5.61. The van der Waals surface area contributed by atoms with Gasteiger partial charge in [0.25, 0.3) is 0 Å². The number of hydrogen-bond acceptors (Lipinski definition) is 4. The second-order valence-corrected chi connectivity index (χ2v) is 7.01. The summed E-state index contributed by atoms with van der Waals surface area (Å²) in [4.78, 5) is 27.8. The van der Waals surface area contributed by atoms with E-state index in [9.17, 15) is 9.59 Å². The standard InChI is InChI=1S/C16H28N4O3/c1-11(2)7-18-14(21)9-20-10-17-8-13(20)12(3)19-15(22)23-16(4,5)6/h8,10-12H,7,9H2,1-6H3,(H,18,21)(H,19,22)/t12-/m0/s1. The van der Waals surface area contributed by atoms with Crippen LogP contribution in [0.4, 0.5) is 4.79 Å². The Morgan fingerprint density at radius 1 is 1.30 bits per heavy atom. The molecule has 0 unspecified atom stereocenters. The lowest BCUT2D eigenvalue weighted by Gasteiger charge is -2.22. The highest BCUT2D eigenvalue weighted by atomic mass is 16.6. The third-order valence-electron chi connectivity index (χ3n) is 2.94. The van der Waals surface area contributed by atoms with Gasteiger partial charge < -0.3 is 19.9 Å². The van der Waals surface area contributed by atoms with Crippen molar-refractivity contribution in [3.63, 3.8) is 0 Å². The molecule has 1 aromatic heterocycles. The van der Waals surface area contributed by atoms with Crippen LogP contribution in [-0.4, -0.2) is 33.7 Å². The van der Waals surface area contributed by atoms with Crippen LogP contribution in [0.1, 0.15) is 53.3 Å². The van der Waals surface area contributed by atoms with Gasteiger partial charge in [-0.25, -0.2) is 9.78 Å². The van der Waals surface area contributed by atoms with E-state index < -0.39 is 11.7 Å². The molecule has 0 aliphatic carbocycles. The van der Waals surface area contributed by atoms with E-state index in [4.69, 9.17) is 4.74 Å². The third-order valence-corrected chi connectivity index (χ3v) is 2.94. The Morgan fingerprint density at radius 2 is 1.96 bits per heavy atom. The number of carbonyl (C=O) groups is 2. The first-order valence-corrected chi connectivity index (χ1v) is 7.84. The SMILES string of the molecule is CC(C)CNC(=O)Cn1cncc1[C@H](C)NC(=O)OC(C)(C)C. The summed E-state index contributed by atoms with van der Waals surface area (Å²) < 4.78 is 6.95. The number of ether oxygens (including phenoxy) is 1. The van der Waals surface area contributed by atoms with Crippen LogP contribution in [-0.2, 0) is 16.1 Å². The molecule has 2 amide bonds. The Morgan fingerprint density at radius 3 is 2.52 bits per heavy atom. The van der Waals surface area contributed by atoms with Crippen LogP contribution in [0, 0.1) is 5.92 Å². The molecule has 7 heteroatoms. The maximum atomic E-state index is 11.9. The van der Waals surface area contributed by atoms with Gasteiger partial charge in [0.1, 0.15) is 12.1 Å². The molecule has 0 aliphatic rings. The summed E-state index contributed by atoms with van der Waals surface area (Å²) in [5.74, 6) is 0.316. The van der Waals surface area contributed by atoms with Gasteiger partial charge in [0.05, 0.1) is 24.3 Å². The normalized spacial score (nSPS) is 12.8. The summed E-state index contributed by atoms with van der Waals surface area (Å²) in [5.41, 5.74) is 0.191. The lowest BCUT2D eigenvalue weighted by molar-refractivity contribution is -0.121. The molecule has 0 saturated carbocycles. The number of nitrogens with one attached hydrogen (secondary N) is 2. The second-order valence-electron chi connectivity index (χ2n) is 7.01. The molecule has 0 aliphatic heterocycles. The van der Waals surface area contributed by atoms with Crippen LogP contribution < -0.4 is 10.6 Å². The summed E-state index contributed by atoms with van der Waals surface area (Å²) >= 11 is 0. The van der Waals surface area contributed by atoms with Crippen LogP contribution in [0.15, 0.2) is 12.5 Å². The van der Waals surface area contributed by atoms with Gasteiger partial charge in [0, 0.05) is 6.54 Å². The third kappa shape index (κ3) is 7.17. The fraction of sp³-hybridized carbons (Fsp3) is 0.688. The summed E-state index contributed by atoms with van der Waals surface area (Å²) in [6.07, 6.45) is 2.72. The van der Waals surface area contributed by atoms with Gasteiger partial charge in [-0.15, -0.1) is 0 Å². The van der Waals surface area contributed by atoms with Crippen LogP contribution in [0.3, 0.4) is 0 Å². The van der Waals surface area contributed by atoms with Crippen LogP contribution in [0.5, 0.6) is 0 Å². The van der Waals surface area contributed by atoms with Crippen molar-refractivity contribution in [3.05, 3.63) is 18.2 Å². The van der Waals surface area contributed by atoms with Gasteiger partial charge >= 0.3 is 6.09 Å². The minimum absolute atomic E-state index is 0.0811. The van der Waals surface area contributed by atoms with Crippen molar-refractivity contribution in [2.24, 2.45) is 5.92 Å². The van der Waals surface area contributed by atoms with E-state index in [1.807, 2.05) is 20.8 Å². The maximum absolute atomic E-state index is 11.9. The summed E-state index contributed by atoms with van der Waals surface area (Å²) in [6.45, 7) is 12.1. The lowest BCUT2D eigenvalue weighted by Crippen LogP contribution is -2.35. The fourth-order valence-corrected chi connectivity index (χ4v) is 1.91. The molecule has 0 aromatic carbocycles. The van der Waals surface area contributed by atoms with Crippen LogP contribution in [0.25, 0.3) is 0 Å². The molecule has 0 spiro atoms. The van der Waals surface area contributed by atoms with Crippen molar-refractivity contribution < 1.29 is 14.3 Å². The average Bonchev–Trinajstić information content (AvgIpc) is 2.82. The Labute approximate surface area is 137 Å². The number of hydrogen-bond donors (Lipinski definition) is 2. The number of alkyl carbamates (subject to hydrolysis) is 1. The zero-order chi connectivity index (χ0) is 17.6. The Balaban J connectivity index is 2.62. The predicted molar refractivity (Wildman–Crippen MR) is 87.9 cm³/mol. The van der Waals surface area contributed by atoms with Crippen molar-refractivity contribution in [1.82, 2.24) is 20.2 Å². The van der Waals surface area contributed by atoms with E-state index in [0.717, 1.165) is 5.69 Å². The largest absolute Gasteiger partial charge is 0.444 e. The number of nitrogens with zero attached hydrogens (tertiary/aromatic N) is 2. The van der Waals surface area contributed by atoms with Crippen molar-refractivity contribution in [2.75, 3.05) is 6.54 Å². The van der Waals surface area contributed by atoms with Gasteiger partial charge in [0.15, 0.2) is 0 Å². The Kier molecular flexibility index (Phi) is 6.60. The topological polar surface area (TPSA) is 85.3 Å². The van der Waals surface area contributed by atoms with Gasteiger partial charge in [0.2, 0.25) is 5.91 Å². The summed E-state index contributed by atoms with van der Waals surface area (Å²) in [7, 11) is 0. The highest BCUT2D eigenvalue weighted by molar-refractivity contribution is 5.75. The van der Waals surface area contributed by atoms with Gasteiger partial charge in [-0.1, -0.05) is 13.8 Å². The molecule has 0 fully saturated rings. The summed E-state index contributed by atoms with van der Waals surface area (Å²) in [6, 6.07) is -0.315. The molecule has 1 aromatic rings. The first-order chi connectivity index (χ1) is 10.6. The monoisotopic (exact) mass is 324 g/mol.